The molecule has 0 aliphatic carbocycles. The first-order valence-corrected chi connectivity index (χ1v) is 12.7. The third-order valence-corrected chi connectivity index (χ3v) is 6.80. The number of para-hydroxylation sites is 1. The summed E-state index contributed by atoms with van der Waals surface area (Å²) in [4.78, 5) is 28.4. The highest BCUT2D eigenvalue weighted by Gasteiger charge is 2.47. The Morgan fingerprint density at radius 1 is 0.872 bits per heavy atom. The number of carbonyl (C=O) groups is 2. The molecule has 39 heavy (non-hydrogen) atoms. The van der Waals surface area contributed by atoms with Crippen molar-refractivity contribution in [3.63, 3.8) is 0 Å². The third kappa shape index (κ3) is 5.01. The van der Waals surface area contributed by atoms with Gasteiger partial charge < -0.3 is 14.6 Å². The molecule has 4 aromatic rings. The van der Waals surface area contributed by atoms with E-state index in [1.165, 1.54) is 12.0 Å². The molecule has 5 rings (SSSR count). The number of ether oxygens (including phenoxy) is 2. The van der Waals surface area contributed by atoms with Crippen LogP contribution in [0.3, 0.4) is 0 Å². The maximum absolute atomic E-state index is 13.5. The van der Waals surface area contributed by atoms with Crippen molar-refractivity contribution in [1.82, 2.24) is 0 Å². The summed E-state index contributed by atoms with van der Waals surface area (Å²) in [5.41, 5.74) is 4.34. The summed E-state index contributed by atoms with van der Waals surface area (Å²) in [6, 6.07) is 28.9. The second-order valence-corrected chi connectivity index (χ2v) is 9.51. The normalized spacial score (nSPS) is 16.4. The van der Waals surface area contributed by atoms with Gasteiger partial charge in [0, 0.05) is 5.69 Å². The number of amides is 1. The van der Waals surface area contributed by atoms with E-state index < -0.39 is 17.7 Å². The smallest absolute Gasteiger partial charge is 0.300 e. The van der Waals surface area contributed by atoms with Crippen molar-refractivity contribution >= 4 is 23.1 Å². The quantitative estimate of drug-likeness (QED) is 0.171. The molecule has 1 N–H and O–H groups in total. The van der Waals surface area contributed by atoms with Gasteiger partial charge in [-0.3, -0.25) is 14.5 Å². The van der Waals surface area contributed by atoms with Crippen LogP contribution in [-0.2, 0) is 16.2 Å². The van der Waals surface area contributed by atoms with Crippen molar-refractivity contribution in [3.05, 3.63) is 130 Å². The fourth-order valence-electron chi connectivity index (χ4n) is 5.04. The van der Waals surface area contributed by atoms with Crippen LogP contribution >= 0.6 is 0 Å². The fourth-order valence-corrected chi connectivity index (χ4v) is 5.04. The van der Waals surface area contributed by atoms with Crippen molar-refractivity contribution < 1.29 is 24.2 Å². The lowest BCUT2D eigenvalue weighted by Gasteiger charge is -2.26. The van der Waals surface area contributed by atoms with Gasteiger partial charge in [-0.2, -0.15) is 0 Å². The van der Waals surface area contributed by atoms with E-state index in [0.717, 1.165) is 16.7 Å². The summed E-state index contributed by atoms with van der Waals surface area (Å²) >= 11 is 0. The van der Waals surface area contributed by atoms with Crippen LogP contribution in [0.5, 0.6) is 11.5 Å². The Hall–Kier alpha value is -4.84. The van der Waals surface area contributed by atoms with Crippen molar-refractivity contribution in [2.24, 2.45) is 0 Å². The summed E-state index contributed by atoms with van der Waals surface area (Å²) < 4.78 is 11.5. The average Bonchev–Trinajstić information content (AvgIpc) is 3.22. The minimum Gasteiger partial charge on any atom is -0.507 e. The number of ketones is 1. The molecule has 0 radical (unpaired) electrons. The Balaban J connectivity index is 1.60. The number of rotatable bonds is 7. The van der Waals surface area contributed by atoms with Crippen LogP contribution in [0.25, 0.3) is 5.76 Å². The first kappa shape index (κ1) is 25.8. The standard InChI is InChI=1S/C33H29NO5/c1-21-18-22(2)32(38-3)27(19-21)30(35)28-29(34(33(37)31(28)36)25-12-8-5-9-13-25)24-14-16-26(17-15-24)39-20-23-10-6-4-7-11-23/h4-19,29,35H,20H2,1-3H3/b30-28+. The zero-order chi connectivity index (χ0) is 27.5. The largest absolute Gasteiger partial charge is 0.507 e. The molecule has 0 spiro atoms. The molecule has 1 atom stereocenters. The van der Waals surface area contributed by atoms with Gasteiger partial charge in [0.1, 0.15) is 23.9 Å². The number of methoxy groups -OCH3 is 1. The molecule has 6 heteroatoms. The summed E-state index contributed by atoms with van der Waals surface area (Å²) in [6.07, 6.45) is 0. The number of carbonyl (C=O) groups excluding carboxylic acids is 2. The summed E-state index contributed by atoms with van der Waals surface area (Å²) in [7, 11) is 1.52. The number of aryl methyl sites for hydroxylation is 2. The Bertz CT molecular complexity index is 1540. The lowest BCUT2D eigenvalue weighted by atomic mass is 9.93. The van der Waals surface area contributed by atoms with E-state index in [0.29, 0.717) is 34.9 Å². The summed E-state index contributed by atoms with van der Waals surface area (Å²) in [5.74, 6) is -0.639. The maximum atomic E-state index is 13.5. The van der Waals surface area contributed by atoms with Gasteiger partial charge in [-0.25, -0.2) is 0 Å². The second kappa shape index (κ2) is 10.9. The molecule has 1 aliphatic heterocycles. The van der Waals surface area contributed by atoms with E-state index in [4.69, 9.17) is 9.47 Å². The van der Waals surface area contributed by atoms with Crippen molar-refractivity contribution in [2.45, 2.75) is 26.5 Å². The molecule has 1 fully saturated rings. The number of aliphatic hydroxyl groups is 1. The molecule has 1 heterocycles. The first-order valence-electron chi connectivity index (χ1n) is 12.7. The fraction of sp³-hybridized carbons (Fsp3) is 0.152. The van der Waals surface area contributed by atoms with Crippen LogP contribution < -0.4 is 14.4 Å². The van der Waals surface area contributed by atoms with Crippen molar-refractivity contribution in [3.8, 4) is 11.5 Å². The molecule has 0 saturated carbocycles. The molecule has 4 aromatic carbocycles. The van der Waals surface area contributed by atoms with Gasteiger partial charge in [-0.05, 0) is 66.4 Å². The van der Waals surface area contributed by atoms with Crippen LogP contribution in [0.4, 0.5) is 5.69 Å². The molecule has 1 amide bonds. The monoisotopic (exact) mass is 519 g/mol. The minimum absolute atomic E-state index is 0.00473. The number of nitrogens with zero attached hydrogens (tertiary/aromatic N) is 1. The summed E-state index contributed by atoms with van der Waals surface area (Å²) in [6.45, 7) is 4.18. The van der Waals surface area contributed by atoms with Gasteiger partial charge in [-0.15, -0.1) is 0 Å². The topological polar surface area (TPSA) is 76.1 Å². The molecule has 0 bridgehead atoms. The molecule has 1 saturated heterocycles. The van der Waals surface area contributed by atoms with Gasteiger partial charge in [-0.1, -0.05) is 66.7 Å². The SMILES string of the molecule is COc1c(C)cc(C)cc1/C(O)=C1\C(=O)C(=O)N(c2ccccc2)C1c1ccc(OCc2ccccc2)cc1. The highest BCUT2D eigenvalue weighted by Crippen LogP contribution is 2.44. The first-order chi connectivity index (χ1) is 18.9. The van der Waals surface area contributed by atoms with Crippen molar-refractivity contribution in [2.75, 3.05) is 12.0 Å². The third-order valence-electron chi connectivity index (χ3n) is 6.80. The Labute approximate surface area is 227 Å². The van der Waals surface area contributed by atoms with E-state index in [1.54, 1.807) is 42.5 Å². The molecule has 0 aromatic heterocycles. The van der Waals surface area contributed by atoms with E-state index in [9.17, 15) is 14.7 Å². The number of hydrogen-bond acceptors (Lipinski definition) is 5. The van der Waals surface area contributed by atoms with E-state index in [2.05, 4.69) is 0 Å². The van der Waals surface area contributed by atoms with Crippen LogP contribution in [0, 0.1) is 13.8 Å². The minimum atomic E-state index is -0.846. The average molecular weight is 520 g/mol. The predicted molar refractivity (Wildman–Crippen MR) is 151 cm³/mol. The van der Waals surface area contributed by atoms with Gasteiger partial charge in [0.2, 0.25) is 0 Å². The predicted octanol–water partition coefficient (Wildman–Crippen LogP) is 6.52. The molecule has 1 aliphatic rings. The number of benzene rings is 4. The van der Waals surface area contributed by atoms with E-state index in [-0.39, 0.29) is 11.3 Å². The highest BCUT2D eigenvalue weighted by molar-refractivity contribution is 6.51. The van der Waals surface area contributed by atoms with Crippen LogP contribution in [0.15, 0.2) is 103 Å². The number of anilines is 1. The molecule has 6 nitrogen and oxygen atoms in total. The van der Waals surface area contributed by atoms with Crippen LogP contribution in [0.2, 0.25) is 0 Å². The maximum Gasteiger partial charge on any atom is 0.300 e. The molecular weight excluding hydrogens is 490 g/mol. The van der Waals surface area contributed by atoms with Crippen molar-refractivity contribution in [1.29, 1.82) is 0 Å². The Kier molecular flexibility index (Phi) is 7.19. The lowest BCUT2D eigenvalue weighted by Crippen LogP contribution is -2.29. The highest BCUT2D eigenvalue weighted by atomic mass is 16.5. The Morgan fingerprint density at radius 2 is 1.51 bits per heavy atom. The van der Waals surface area contributed by atoms with Gasteiger partial charge >= 0.3 is 0 Å². The van der Waals surface area contributed by atoms with Gasteiger partial charge in [0.25, 0.3) is 11.7 Å². The summed E-state index contributed by atoms with van der Waals surface area (Å²) in [5, 5.41) is 11.6. The zero-order valence-electron chi connectivity index (χ0n) is 22.0. The van der Waals surface area contributed by atoms with Gasteiger partial charge in [0.05, 0.1) is 24.3 Å². The Morgan fingerprint density at radius 3 is 2.15 bits per heavy atom. The van der Waals surface area contributed by atoms with Crippen LogP contribution in [0.1, 0.15) is 33.9 Å². The lowest BCUT2D eigenvalue weighted by molar-refractivity contribution is -0.132. The zero-order valence-corrected chi connectivity index (χ0v) is 22.0. The van der Waals surface area contributed by atoms with Gasteiger partial charge in [0.15, 0.2) is 0 Å². The van der Waals surface area contributed by atoms with Crippen LogP contribution in [-0.4, -0.2) is 23.9 Å². The molecule has 196 valence electrons. The number of aliphatic hydroxyl groups excluding tert-OH is 1. The number of hydrogen-bond donors (Lipinski definition) is 1. The second-order valence-electron chi connectivity index (χ2n) is 9.51. The number of Topliss-reactive ketones (excluding diaryl/α,β-unsaturated/α-hetero) is 1. The van der Waals surface area contributed by atoms with E-state index in [1.807, 2.05) is 68.4 Å². The van der Waals surface area contributed by atoms with E-state index >= 15 is 0 Å². The molecule has 1 unspecified atom stereocenters. The molecular formula is C33H29NO5.